The summed E-state index contributed by atoms with van der Waals surface area (Å²) >= 11 is 0. The van der Waals surface area contributed by atoms with Gasteiger partial charge in [0.15, 0.2) is 0 Å². The van der Waals surface area contributed by atoms with Crippen LogP contribution in [-0.4, -0.2) is 43.9 Å². The number of aliphatic imine (C=N–C) groups is 2. The van der Waals surface area contributed by atoms with Crippen LogP contribution in [0.2, 0.25) is 0 Å². The second-order valence-corrected chi connectivity index (χ2v) is 15.5. The fraction of sp³-hybridized carbons (Fsp3) is 0.500. The van der Waals surface area contributed by atoms with Gasteiger partial charge in [-0.05, 0) is 72.9 Å². The van der Waals surface area contributed by atoms with E-state index in [0.717, 1.165) is 85.2 Å². The Bertz CT molecular complexity index is 1640. The fourth-order valence-corrected chi connectivity index (χ4v) is 6.61. The highest BCUT2D eigenvalue weighted by molar-refractivity contribution is 5.86. The maximum absolute atomic E-state index is 11.4. The lowest BCUT2D eigenvalue weighted by Gasteiger charge is -2.26. The molecular formula is C40H56N6O2+2. The van der Waals surface area contributed by atoms with Gasteiger partial charge in [0, 0.05) is 34.7 Å². The van der Waals surface area contributed by atoms with Crippen molar-refractivity contribution in [3.63, 3.8) is 0 Å². The molecule has 256 valence electrons. The van der Waals surface area contributed by atoms with Crippen molar-refractivity contribution < 1.29 is 19.3 Å². The van der Waals surface area contributed by atoms with E-state index in [9.17, 15) is 10.2 Å². The maximum atomic E-state index is 11.4. The highest BCUT2D eigenvalue weighted by Crippen LogP contribution is 2.36. The molecule has 0 bridgehead atoms. The zero-order valence-corrected chi connectivity index (χ0v) is 30.3. The van der Waals surface area contributed by atoms with Gasteiger partial charge in [0.2, 0.25) is 12.7 Å². The summed E-state index contributed by atoms with van der Waals surface area (Å²) in [6.07, 6.45) is 20.4. The minimum absolute atomic E-state index is 0.000815. The van der Waals surface area contributed by atoms with E-state index < -0.39 is 0 Å². The van der Waals surface area contributed by atoms with Crippen LogP contribution in [0.15, 0.2) is 71.7 Å². The highest BCUT2D eigenvalue weighted by Gasteiger charge is 2.26. The largest absolute Gasteiger partial charge is 0.507 e. The lowest BCUT2D eigenvalue weighted by atomic mass is 9.84. The number of hydrogen-bond donors (Lipinski definition) is 2. The second kappa shape index (κ2) is 14.5. The predicted octanol–water partition coefficient (Wildman–Crippen LogP) is 6.86. The van der Waals surface area contributed by atoms with Crippen LogP contribution in [0.5, 0.6) is 11.5 Å². The van der Waals surface area contributed by atoms with E-state index in [4.69, 9.17) is 9.98 Å². The first kappa shape index (κ1) is 35.1. The highest BCUT2D eigenvalue weighted by atomic mass is 16.3. The quantitative estimate of drug-likeness (QED) is 0.145. The molecule has 2 atom stereocenters. The summed E-state index contributed by atoms with van der Waals surface area (Å²) in [5, 5.41) is 22.8. The summed E-state index contributed by atoms with van der Waals surface area (Å²) in [7, 11) is 0. The minimum Gasteiger partial charge on any atom is -0.507 e. The number of rotatable bonds is 10. The molecule has 0 saturated heterocycles. The molecule has 0 spiro atoms. The molecular weight excluding hydrogens is 596 g/mol. The third-order valence-corrected chi connectivity index (χ3v) is 9.47. The van der Waals surface area contributed by atoms with Gasteiger partial charge in [-0.1, -0.05) is 54.4 Å². The van der Waals surface area contributed by atoms with Gasteiger partial charge >= 0.3 is 0 Å². The Hall–Kier alpha value is -4.20. The molecule has 2 N–H and O–H groups in total. The van der Waals surface area contributed by atoms with Gasteiger partial charge in [0.25, 0.3) is 0 Å². The molecule has 8 heteroatoms. The Morgan fingerprint density at radius 3 is 1.42 bits per heavy atom. The molecule has 2 aromatic carbocycles. The van der Waals surface area contributed by atoms with E-state index in [1.807, 2.05) is 12.4 Å². The van der Waals surface area contributed by atoms with Crippen LogP contribution in [0.25, 0.3) is 0 Å². The van der Waals surface area contributed by atoms with Crippen molar-refractivity contribution >= 4 is 12.4 Å². The van der Waals surface area contributed by atoms with Crippen molar-refractivity contribution in [3.8, 4) is 11.5 Å². The topological polar surface area (TPSA) is 82.8 Å². The first-order valence-corrected chi connectivity index (χ1v) is 17.6. The van der Waals surface area contributed by atoms with E-state index >= 15 is 0 Å². The summed E-state index contributed by atoms with van der Waals surface area (Å²) in [5.74, 6) is 0.594. The normalized spacial score (nSPS) is 17.6. The predicted molar refractivity (Wildman–Crippen MR) is 194 cm³/mol. The third-order valence-electron chi connectivity index (χ3n) is 9.47. The molecule has 2 aromatic heterocycles. The van der Waals surface area contributed by atoms with Crippen LogP contribution in [0.3, 0.4) is 0 Å². The zero-order chi connectivity index (χ0) is 34.6. The average molecular weight is 653 g/mol. The standard InChI is InChI=1S/C40H54N6O2/c1-9-43-15-17-45(27-43)25-29-19-31(37(47)33(21-29)39(3,4)5)23-41-35-13-11-12-14-36(35)42-24-32-20-30(22-34(38(32)48)40(6,7)8)26-46-18-16-44(10-2)28-46/h15-24,27-28,35-36H,9-14,25-26H2,1-8H3/p+2/t35-,36-/m1/s1. The monoisotopic (exact) mass is 652 g/mol. The summed E-state index contributed by atoms with van der Waals surface area (Å²) in [5.41, 5.74) is 5.15. The number of benzene rings is 2. The number of imidazole rings is 2. The Morgan fingerprint density at radius 1 is 0.688 bits per heavy atom. The van der Waals surface area contributed by atoms with Gasteiger partial charge in [0.1, 0.15) is 49.4 Å². The zero-order valence-electron chi connectivity index (χ0n) is 30.3. The first-order chi connectivity index (χ1) is 22.7. The molecule has 1 fully saturated rings. The van der Waals surface area contributed by atoms with Crippen LogP contribution in [0, 0.1) is 0 Å². The van der Waals surface area contributed by atoms with Gasteiger partial charge < -0.3 is 10.2 Å². The number of hydrogen-bond acceptors (Lipinski definition) is 4. The molecule has 1 saturated carbocycles. The van der Waals surface area contributed by atoms with Gasteiger partial charge in [0.05, 0.1) is 25.2 Å². The van der Waals surface area contributed by atoms with E-state index in [1.165, 1.54) is 0 Å². The molecule has 0 amide bonds. The minimum atomic E-state index is -0.221. The van der Waals surface area contributed by atoms with Gasteiger partial charge in [-0.2, -0.15) is 0 Å². The molecule has 4 aromatic rings. The van der Waals surface area contributed by atoms with Crippen molar-refractivity contribution in [2.24, 2.45) is 9.98 Å². The van der Waals surface area contributed by atoms with Crippen LogP contribution >= 0.6 is 0 Å². The molecule has 8 nitrogen and oxygen atoms in total. The van der Waals surface area contributed by atoms with E-state index in [-0.39, 0.29) is 22.9 Å². The summed E-state index contributed by atoms with van der Waals surface area (Å²) in [6, 6.07) is 8.38. The van der Waals surface area contributed by atoms with Crippen LogP contribution < -0.4 is 9.13 Å². The number of nitrogens with zero attached hydrogens (tertiary/aromatic N) is 6. The van der Waals surface area contributed by atoms with Crippen molar-refractivity contribution in [3.05, 3.63) is 95.1 Å². The molecule has 0 aliphatic heterocycles. The van der Waals surface area contributed by atoms with Crippen molar-refractivity contribution in [1.82, 2.24) is 9.13 Å². The smallest absolute Gasteiger partial charge is 0.244 e. The Kier molecular flexibility index (Phi) is 10.6. The lowest BCUT2D eigenvalue weighted by Crippen LogP contribution is -2.32. The SMILES string of the molecule is CCn1cc[n+](Cc2cc(C=N[C@@H]3CCCC[C@H]3N=Cc3cc(C[n+]4ccn(CC)c4)cc(C(C)(C)C)c3O)c(O)c(C(C)(C)C)c2)c1. The molecule has 1 aliphatic carbocycles. The van der Waals surface area contributed by atoms with Crippen LogP contribution in [0.4, 0.5) is 0 Å². The molecule has 2 heterocycles. The number of phenols is 2. The van der Waals surface area contributed by atoms with E-state index in [1.54, 1.807) is 0 Å². The van der Waals surface area contributed by atoms with Crippen molar-refractivity contribution in [2.75, 3.05) is 0 Å². The van der Waals surface area contributed by atoms with E-state index in [0.29, 0.717) is 11.5 Å². The first-order valence-electron chi connectivity index (χ1n) is 17.6. The second-order valence-electron chi connectivity index (χ2n) is 15.5. The van der Waals surface area contributed by atoms with Gasteiger partial charge in [-0.3, -0.25) is 9.98 Å². The molecule has 0 radical (unpaired) electrons. The number of aryl methyl sites for hydroxylation is 2. The van der Waals surface area contributed by atoms with Gasteiger partial charge in [-0.25, -0.2) is 18.3 Å². The Balaban J connectivity index is 1.43. The lowest BCUT2D eigenvalue weighted by molar-refractivity contribution is -0.688. The number of aromatic hydroxyl groups is 2. The maximum Gasteiger partial charge on any atom is 0.244 e. The summed E-state index contributed by atoms with van der Waals surface area (Å²) in [6.45, 7) is 20.4. The third kappa shape index (κ3) is 8.44. The Labute approximate surface area is 287 Å². The molecule has 1 aliphatic rings. The average Bonchev–Trinajstić information content (AvgIpc) is 3.69. The molecule has 5 rings (SSSR count). The van der Waals surface area contributed by atoms with Gasteiger partial charge in [-0.15, -0.1) is 0 Å². The summed E-state index contributed by atoms with van der Waals surface area (Å²) in [4.78, 5) is 10.2. The number of aromatic nitrogens is 4. The van der Waals surface area contributed by atoms with Crippen LogP contribution in [-0.2, 0) is 37.0 Å². The van der Waals surface area contributed by atoms with Crippen molar-refractivity contribution in [2.45, 2.75) is 130 Å². The van der Waals surface area contributed by atoms with Crippen molar-refractivity contribution in [1.29, 1.82) is 0 Å². The number of phenolic OH excluding ortho intramolecular Hbond substituents is 2. The molecule has 48 heavy (non-hydrogen) atoms. The summed E-state index contributed by atoms with van der Waals surface area (Å²) < 4.78 is 8.65. The fourth-order valence-electron chi connectivity index (χ4n) is 6.61. The molecule has 0 unspecified atom stereocenters. The van der Waals surface area contributed by atoms with Crippen LogP contribution in [0.1, 0.15) is 114 Å². The Morgan fingerprint density at radius 2 is 1.08 bits per heavy atom. The van der Waals surface area contributed by atoms with E-state index in [2.05, 4.69) is 135 Å².